The third kappa shape index (κ3) is 6.02. The summed E-state index contributed by atoms with van der Waals surface area (Å²) in [4.78, 5) is 13.8. The second-order valence-corrected chi connectivity index (χ2v) is 10.6. The Kier molecular flexibility index (Phi) is 8.02. The Balaban J connectivity index is 1.44. The minimum Gasteiger partial charge on any atom is -0.492 e. The van der Waals surface area contributed by atoms with Crippen molar-refractivity contribution in [1.82, 2.24) is 9.62 Å². The summed E-state index contributed by atoms with van der Waals surface area (Å²) >= 11 is 1.57. The topological polar surface area (TPSA) is 75.7 Å². The summed E-state index contributed by atoms with van der Waals surface area (Å²) in [7, 11) is -3.52. The van der Waals surface area contributed by atoms with E-state index in [1.807, 2.05) is 43.5 Å². The molecular formula is C23H30N2O4S2. The summed E-state index contributed by atoms with van der Waals surface area (Å²) in [5.41, 5.74) is 2.38. The van der Waals surface area contributed by atoms with E-state index in [0.717, 1.165) is 10.6 Å². The second-order valence-electron chi connectivity index (χ2n) is 7.74. The van der Waals surface area contributed by atoms with Crippen LogP contribution in [0.15, 0.2) is 52.3 Å². The van der Waals surface area contributed by atoms with Gasteiger partial charge >= 0.3 is 0 Å². The molecule has 8 heteroatoms. The molecule has 0 aromatic heterocycles. The molecule has 1 heterocycles. The number of hydrogen-bond donors (Lipinski definition) is 1. The molecule has 0 aliphatic carbocycles. The lowest BCUT2D eigenvalue weighted by Crippen LogP contribution is -2.43. The number of benzene rings is 2. The van der Waals surface area contributed by atoms with Crippen LogP contribution in [0.2, 0.25) is 0 Å². The number of hydrogen-bond acceptors (Lipinski definition) is 5. The average molecular weight is 463 g/mol. The van der Waals surface area contributed by atoms with E-state index in [1.165, 1.54) is 15.4 Å². The van der Waals surface area contributed by atoms with E-state index >= 15 is 0 Å². The summed E-state index contributed by atoms with van der Waals surface area (Å²) in [5, 5.41) is 2.91. The van der Waals surface area contributed by atoms with E-state index in [9.17, 15) is 13.2 Å². The molecule has 1 saturated heterocycles. The standard InChI is InChI=1S/C23H30N2O4S2/c1-17-4-5-20(16-18(17)2)29-15-12-24-23(26)19-10-13-25(14-11-19)31(27,28)22-8-6-21(30-3)7-9-22/h4-9,16,19H,10-15H2,1-3H3,(H,24,26). The van der Waals surface area contributed by atoms with Crippen molar-refractivity contribution in [3.63, 3.8) is 0 Å². The molecule has 1 aliphatic rings. The van der Waals surface area contributed by atoms with Crippen LogP contribution in [0.1, 0.15) is 24.0 Å². The van der Waals surface area contributed by atoms with Crippen molar-refractivity contribution in [2.24, 2.45) is 5.92 Å². The van der Waals surface area contributed by atoms with Gasteiger partial charge in [0.1, 0.15) is 12.4 Å². The Morgan fingerprint density at radius 3 is 2.39 bits per heavy atom. The van der Waals surface area contributed by atoms with Crippen LogP contribution in [0.5, 0.6) is 5.75 Å². The minimum absolute atomic E-state index is 0.0370. The van der Waals surface area contributed by atoms with Crippen LogP contribution >= 0.6 is 11.8 Å². The van der Waals surface area contributed by atoms with Gasteiger partial charge in [-0.25, -0.2) is 8.42 Å². The van der Waals surface area contributed by atoms with Gasteiger partial charge in [-0.3, -0.25) is 4.79 Å². The molecule has 0 saturated carbocycles. The van der Waals surface area contributed by atoms with Crippen LogP contribution in [-0.2, 0) is 14.8 Å². The quantitative estimate of drug-likeness (QED) is 0.479. The van der Waals surface area contributed by atoms with Gasteiger partial charge in [0.25, 0.3) is 0 Å². The SMILES string of the molecule is CSc1ccc(S(=O)(=O)N2CCC(C(=O)NCCOc3ccc(C)c(C)c3)CC2)cc1. The number of aryl methyl sites for hydroxylation is 2. The number of thioether (sulfide) groups is 1. The van der Waals surface area contributed by atoms with Gasteiger partial charge in [0.05, 0.1) is 11.4 Å². The average Bonchev–Trinajstić information content (AvgIpc) is 2.79. The van der Waals surface area contributed by atoms with Gasteiger partial charge in [-0.05, 0) is 80.5 Å². The smallest absolute Gasteiger partial charge is 0.243 e. The molecule has 0 bridgehead atoms. The zero-order valence-corrected chi connectivity index (χ0v) is 19.9. The summed E-state index contributed by atoms with van der Waals surface area (Å²) in [6.07, 6.45) is 2.99. The first-order valence-electron chi connectivity index (χ1n) is 10.4. The predicted molar refractivity (Wildman–Crippen MR) is 124 cm³/mol. The highest BCUT2D eigenvalue weighted by Gasteiger charge is 2.31. The highest BCUT2D eigenvalue weighted by molar-refractivity contribution is 7.98. The third-order valence-corrected chi connectivity index (χ3v) is 8.33. The molecule has 31 heavy (non-hydrogen) atoms. The Labute approximate surface area is 189 Å². The molecule has 1 aliphatic heterocycles. The number of carbonyl (C=O) groups is 1. The number of nitrogens with one attached hydrogen (secondary N) is 1. The van der Waals surface area contributed by atoms with Gasteiger partial charge in [-0.15, -0.1) is 11.8 Å². The fourth-order valence-electron chi connectivity index (χ4n) is 3.55. The first-order chi connectivity index (χ1) is 14.8. The second kappa shape index (κ2) is 10.5. The normalized spacial score (nSPS) is 15.6. The molecular weight excluding hydrogens is 432 g/mol. The van der Waals surface area contributed by atoms with Crippen molar-refractivity contribution < 1.29 is 17.9 Å². The van der Waals surface area contributed by atoms with Crippen molar-refractivity contribution in [3.8, 4) is 5.75 Å². The van der Waals surface area contributed by atoms with Gasteiger partial charge in [0.2, 0.25) is 15.9 Å². The number of amides is 1. The van der Waals surface area contributed by atoms with Gasteiger partial charge in [-0.2, -0.15) is 4.31 Å². The lowest BCUT2D eigenvalue weighted by Gasteiger charge is -2.30. The van der Waals surface area contributed by atoms with Crippen molar-refractivity contribution in [2.75, 3.05) is 32.5 Å². The monoisotopic (exact) mass is 462 g/mol. The largest absolute Gasteiger partial charge is 0.492 e. The maximum Gasteiger partial charge on any atom is 0.243 e. The molecule has 168 valence electrons. The Bertz CT molecular complexity index is 999. The van der Waals surface area contributed by atoms with Crippen LogP contribution < -0.4 is 10.1 Å². The summed E-state index contributed by atoms with van der Waals surface area (Å²) in [6, 6.07) is 12.9. The van der Waals surface area contributed by atoms with Crippen LogP contribution in [0.3, 0.4) is 0 Å². The van der Waals surface area contributed by atoms with E-state index in [4.69, 9.17) is 4.74 Å². The Morgan fingerprint density at radius 2 is 1.77 bits per heavy atom. The summed E-state index contributed by atoms with van der Waals surface area (Å²) in [6.45, 7) is 5.61. The van der Waals surface area contributed by atoms with Crippen LogP contribution in [0.25, 0.3) is 0 Å². The Morgan fingerprint density at radius 1 is 1.10 bits per heavy atom. The van der Waals surface area contributed by atoms with Crippen molar-refractivity contribution >= 4 is 27.7 Å². The fraction of sp³-hybridized carbons (Fsp3) is 0.435. The number of ether oxygens (including phenoxy) is 1. The number of sulfonamides is 1. The van der Waals surface area contributed by atoms with Crippen LogP contribution in [0, 0.1) is 19.8 Å². The van der Waals surface area contributed by atoms with Gasteiger partial charge in [-0.1, -0.05) is 6.07 Å². The van der Waals surface area contributed by atoms with Crippen molar-refractivity contribution in [3.05, 3.63) is 53.6 Å². The van der Waals surface area contributed by atoms with Crippen molar-refractivity contribution in [1.29, 1.82) is 0 Å². The number of nitrogens with zero attached hydrogens (tertiary/aromatic N) is 1. The van der Waals surface area contributed by atoms with Crippen LogP contribution in [-0.4, -0.2) is 51.1 Å². The van der Waals surface area contributed by atoms with E-state index in [0.29, 0.717) is 44.0 Å². The number of rotatable bonds is 8. The molecule has 6 nitrogen and oxygen atoms in total. The van der Waals surface area contributed by atoms with Crippen LogP contribution in [0.4, 0.5) is 0 Å². The predicted octanol–water partition coefficient (Wildman–Crippen LogP) is 3.62. The molecule has 2 aromatic rings. The highest BCUT2D eigenvalue weighted by Crippen LogP contribution is 2.25. The van der Waals surface area contributed by atoms with Gasteiger partial charge in [0, 0.05) is 23.9 Å². The maximum atomic E-state index is 12.9. The van der Waals surface area contributed by atoms with Gasteiger partial charge < -0.3 is 10.1 Å². The molecule has 0 radical (unpaired) electrons. The molecule has 3 rings (SSSR count). The lowest BCUT2D eigenvalue weighted by molar-refractivity contribution is -0.126. The fourth-order valence-corrected chi connectivity index (χ4v) is 5.42. The molecule has 1 N–H and O–H groups in total. The molecule has 1 fully saturated rings. The molecule has 0 spiro atoms. The summed E-state index contributed by atoms with van der Waals surface area (Å²) < 4.78 is 32.9. The molecule has 2 aromatic carbocycles. The molecule has 0 unspecified atom stereocenters. The molecule has 0 atom stereocenters. The van der Waals surface area contributed by atoms with E-state index < -0.39 is 10.0 Å². The van der Waals surface area contributed by atoms with Crippen molar-refractivity contribution in [2.45, 2.75) is 36.5 Å². The first-order valence-corrected chi connectivity index (χ1v) is 13.1. The first kappa shape index (κ1) is 23.6. The zero-order valence-electron chi connectivity index (χ0n) is 18.3. The maximum absolute atomic E-state index is 12.9. The highest BCUT2D eigenvalue weighted by atomic mass is 32.2. The lowest BCUT2D eigenvalue weighted by atomic mass is 9.97. The summed E-state index contributed by atoms with van der Waals surface area (Å²) in [5.74, 6) is 0.582. The third-order valence-electron chi connectivity index (χ3n) is 5.67. The number of piperidine rings is 1. The number of carbonyl (C=O) groups excluding carboxylic acids is 1. The molecule has 1 amide bonds. The Hall–Kier alpha value is -2.03. The van der Waals surface area contributed by atoms with E-state index in [1.54, 1.807) is 23.9 Å². The minimum atomic E-state index is -3.52. The zero-order chi connectivity index (χ0) is 22.4. The van der Waals surface area contributed by atoms with E-state index in [2.05, 4.69) is 12.2 Å². The van der Waals surface area contributed by atoms with Gasteiger partial charge in [0.15, 0.2) is 0 Å². The van der Waals surface area contributed by atoms with E-state index in [-0.39, 0.29) is 11.8 Å².